The molecule has 2 unspecified atom stereocenters. The van der Waals surface area contributed by atoms with E-state index in [1.807, 2.05) is 6.92 Å². The van der Waals surface area contributed by atoms with E-state index in [9.17, 15) is 4.79 Å². The van der Waals surface area contributed by atoms with Crippen LogP contribution in [0.5, 0.6) is 0 Å². The summed E-state index contributed by atoms with van der Waals surface area (Å²) in [4.78, 5) is 14.7. The normalized spacial score (nSPS) is 25.3. The lowest BCUT2D eigenvalue weighted by atomic mass is 10.0. The van der Waals surface area contributed by atoms with E-state index in [-0.39, 0.29) is 11.2 Å². The summed E-state index contributed by atoms with van der Waals surface area (Å²) in [6.45, 7) is 9.48. The fourth-order valence-electron chi connectivity index (χ4n) is 3.15. The molecule has 0 bridgehead atoms. The number of piperidine rings is 1. The van der Waals surface area contributed by atoms with Crippen molar-refractivity contribution in [2.75, 3.05) is 38.6 Å². The van der Waals surface area contributed by atoms with E-state index in [1.54, 1.807) is 11.8 Å². The van der Waals surface area contributed by atoms with Gasteiger partial charge in [-0.25, -0.2) is 0 Å². The minimum absolute atomic E-state index is 0.0835. The van der Waals surface area contributed by atoms with Crippen molar-refractivity contribution in [1.82, 2.24) is 10.2 Å². The predicted molar refractivity (Wildman–Crippen MR) is 93.4 cm³/mol. The van der Waals surface area contributed by atoms with Gasteiger partial charge >= 0.3 is 0 Å². The summed E-state index contributed by atoms with van der Waals surface area (Å²) in [5.74, 6) is 2.04. The molecule has 2 aliphatic rings. The van der Waals surface area contributed by atoms with Crippen LogP contribution in [0.25, 0.3) is 0 Å². The number of nitrogens with one attached hydrogen (secondary N) is 1. The smallest absolute Gasteiger partial charge is 0.233 e. The molecule has 2 atom stereocenters. The summed E-state index contributed by atoms with van der Waals surface area (Å²) in [5, 5.41) is 3.33. The molecular weight excluding hydrogens is 296 g/mol. The Hall–Kier alpha value is -0.260. The second-order valence-electron chi connectivity index (χ2n) is 6.68. The molecule has 22 heavy (non-hydrogen) atoms. The van der Waals surface area contributed by atoms with Crippen molar-refractivity contribution in [3.05, 3.63) is 0 Å². The fraction of sp³-hybridized carbons (Fsp3) is 0.941. The van der Waals surface area contributed by atoms with E-state index in [0.717, 1.165) is 50.8 Å². The third-order valence-electron chi connectivity index (χ3n) is 4.71. The molecule has 1 N–H and O–H groups in total. The number of ether oxygens (including phenoxy) is 1. The Morgan fingerprint density at radius 1 is 1.36 bits per heavy atom. The molecule has 0 aromatic carbocycles. The lowest BCUT2D eigenvalue weighted by Gasteiger charge is -2.34. The monoisotopic (exact) mass is 328 g/mol. The van der Waals surface area contributed by atoms with Gasteiger partial charge in [0.15, 0.2) is 0 Å². The van der Waals surface area contributed by atoms with Gasteiger partial charge in [0.1, 0.15) is 0 Å². The van der Waals surface area contributed by atoms with Crippen molar-refractivity contribution in [2.24, 2.45) is 5.92 Å². The molecule has 0 aromatic heterocycles. The molecule has 0 aliphatic carbocycles. The van der Waals surface area contributed by atoms with Crippen molar-refractivity contribution in [2.45, 2.75) is 57.2 Å². The average Bonchev–Trinajstić information content (AvgIpc) is 3.02. The molecule has 2 aliphatic heterocycles. The number of rotatable bonds is 8. The molecular formula is C17H32N2O2S. The second kappa shape index (κ2) is 9.78. The Labute approximate surface area is 139 Å². The van der Waals surface area contributed by atoms with Gasteiger partial charge in [0.2, 0.25) is 5.91 Å². The molecule has 0 radical (unpaired) electrons. The van der Waals surface area contributed by atoms with Gasteiger partial charge in [0.05, 0.1) is 11.9 Å². The number of unbranched alkanes of at least 4 members (excludes halogenated alkanes) is 1. The number of hydrogen-bond acceptors (Lipinski definition) is 4. The quantitative estimate of drug-likeness (QED) is 0.695. The topological polar surface area (TPSA) is 41.6 Å². The largest absolute Gasteiger partial charge is 0.381 e. The van der Waals surface area contributed by atoms with E-state index < -0.39 is 0 Å². The summed E-state index contributed by atoms with van der Waals surface area (Å²) in [6, 6.07) is 0.373. The number of hydrogen-bond donors (Lipinski definition) is 1. The highest BCUT2D eigenvalue weighted by Gasteiger charge is 2.25. The third-order valence-corrected chi connectivity index (χ3v) is 5.95. The van der Waals surface area contributed by atoms with Gasteiger partial charge in [0, 0.05) is 32.3 Å². The zero-order chi connectivity index (χ0) is 15.8. The first-order valence-corrected chi connectivity index (χ1v) is 9.96. The minimum atomic E-state index is 0.0835. The first-order valence-electron chi connectivity index (χ1n) is 8.91. The second-order valence-corrected chi connectivity index (χ2v) is 8.13. The zero-order valence-corrected chi connectivity index (χ0v) is 15.0. The summed E-state index contributed by atoms with van der Waals surface area (Å²) < 4.78 is 5.45. The average molecular weight is 329 g/mol. The molecule has 4 nitrogen and oxygen atoms in total. The van der Waals surface area contributed by atoms with Crippen molar-refractivity contribution in [3.63, 3.8) is 0 Å². The van der Waals surface area contributed by atoms with Crippen LogP contribution in [0.3, 0.4) is 0 Å². The van der Waals surface area contributed by atoms with E-state index in [0.29, 0.717) is 6.04 Å². The van der Waals surface area contributed by atoms with Gasteiger partial charge < -0.3 is 15.0 Å². The minimum Gasteiger partial charge on any atom is -0.381 e. The SMILES string of the molecule is CCCCSC(C)C(=O)NC1CCN(CC2CCOC2)CC1. The van der Waals surface area contributed by atoms with Gasteiger partial charge in [-0.15, -0.1) is 11.8 Å². The lowest BCUT2D eigenvalue weighted by molar-refractivity contribution is -0.121. The summed E-state index contributed by atoms with van der Waals surface area (Å²) in [6.07, 6.45) is 5.79. The maximum atomic E-state index is 12.2. The van der Waals surface area contributed by atoms with Gasteiger partial charge in [-0.2, -0.15) is 0 Å². The molecule has 0 spiro atoms. The summed E-state index contributed by atoms with van der Waals surface area (Å²) in [7, 11) is 0. The van der Waals surface area contributed by atoms with Crippen LogP contribution in [0.1, 0.15) is 46.0 Å². The maximum Gasteiger partial charge on any atom is 0.233 e. The Kier molecular flexibility index (Phi) is 8.04. The van der Waals surface area contributed by atoms with Crippen molar-refractivity contribution in [1.29, 1.82) is 0 Å². The number of amides is 1. The first kappa shape index (κ1) is 18.1. The third kappa shape index (κ3) is 6.09. The van der Waals surface area contributed by atoms with Crippen LogP contribution < -0.4 is 5.32 Å². The Balaban J connectivity index is 1.60. The highest BCUT2D eigenvalue weighted by molar-refractivity contribution is 8.00. The van der Waals surface area contributed by atoms with Crippen LogP contribution in [0.15, 0.2) is 0 Å². The van der Waals surface area contributed by atoms with E-state index in [4.69, 9.17) is 4.74 Å². The molecule has 5 heteroatoms. The number of carbonyl (C=O) groups is 1. The molecule has 0 saturated carbocycles. The molecule has 2 heterocycles. The Morgan fingerprint density at radius 3 is 2.77 bits per heavy atom. The molecule has 2 rings (SSSR count). The fourth-order valence-corrected chi connectivity index (χ4v) is 4.18. The lowest BCUT2D eigenvalue weighted by Crippen LogP contribution is -2.47. The standard InChI is InChI=1S/C17H32N2O2S/c1-3-4-11-22-14(2)17(20)18-16-5-8-19(9-6-16)12-15-7-10-21-13-15/h14-16H,3-13H2,1-2H3,(H,18,20). The number of carbonyl (C=O) groups excluding carboxylic acids is 1. The van der Waals surface area contributed by atoms with Crippen LogP contribution >= 0.6 is 11.8 Å². The number of thioether (sulfide) groups is 1. The molecule has 2 saturated heterocycles. The van der Waals surface area contributed by atoms with E-state index in [2.05, 4.69) is 17.1 Å². The van der Waals surface area contributed by atoms with Crippen molar-refractivity contribution < 1.29 is 9.53 Å². The molecule has 2 fully saturated rings. The van der Waals surface area contributed by atoms with Crippen LogP contribution in [0.2, 0.25) is 0 Å². The molecule has 0 aromatic rings. The van der Waals surface area contributed by atoms with E-state index >= 15 is 0 Å². The number of likely N-dealkylation sites (tertiary alicyclic amines) is 1. The zero-order valence-electron chi connectivity index (χ0n) is 14.2. The Morgan fingerprint density at radius 2 is 2.14 bits per heavy atom. The van der Waals surface area contributed by atoms with Crippen molar-refractivity contribution in [3.8, 4) is 0 Å². The van der Waals surface area contributed by atoms with Gasteiger partial charge in [-0.1, -0.05) is 13.3 Å². The number of nitrogens with zero attached hydrogens (tertiary/aromatic N) is 1. The molecule has 1 amide bonds. The highest BCUT2D eigenvalue weighted by Crippen LogP contribution is 2.18. The van der Waals surface area contributed by atoms with Crippen LogP contribution in [-0.2, 0) is 9.53 Å². The van der Waals surface area contributed by atoms with E-state index in [1.165, 1.54) is 25.8 Å². The predicted octanol–water partition coefficient (Wildman–Crippen LogP) is 2.53. The van der Waals surface area contributed by atoms with Crippen LogP contribution in [-0.4, -0.2) is 60.7 Å². The van der Waals surface area contributed by atoms with Gasteiger partial charge in [-0.05, 0) is 44.3 Å². The van der Waals surface area contributed by atoms with Crippen LogP contribution in [0.4, 0.5) is 0 Å². The van der Waals surface area contributed by atoms with Crippen molar-refractivity contribution >= 4 is 17.7 Å². The first-order chi connectivity index (χ1) is 10.7. The highest BCUT2D eigenvalue weighted by atomic mass is 32.2. The summed E-state index contributed by atoms with van der Waals surface area (Å²) >= 11 is 1.78. The summed E-state index contributed by atoms with van der Waals surface area (Å²) in [5.41, 5.74) is 0. The van der Waals surface area contributed by atoms with Gasteiger partial charge in [-0.3, -0.25) is 4.79 Å². The van der Waals surface area contributed by atoms with Gasteiger partial charge in [0.25, 0.3) is 0 Å². The molecule has 128 valence electrons. The Bertz CT molecular complexity index is 327. The van der Waals surface area contributed by atoms with Crippen LogP contribution in [0, 0.1) is 5.92 Å². The maximum absolute atomic E-state index is 12.2.